The van der Waals surface area contributed by atoms with E-state index in [2.05, 4.69) is 5.32 Å². The molecule has 0 bridgehead atoms. The van der Waals surface area contributed by atoms with Crippen LogP contribution in [0.15, 0.2) is 24.3 Å². The molecule has 0 saturated carbocycles. The number of alkyl halides is 1. The molecule has 1 amide bonds. The number of anilines is 1. The van der Waals surface area contributed by atoms with Crippen molar-refractivity contribution < 1.29 is 9.59 Å². The summed E-state index contributed by atoms with van der Waals surface area (Å²) in [5, 5.41) is 2.32. The molecule has 0 heterocycles. The van der Waals surface area contributed by atoms with Gasteiger partial charge in [-0.1, -0.05) is 20.3 Å². The number of unbranched alkanes of at least 4 members (excludes halogenated alkanes) is 1. The first-order chi connectivity index (χ1) is 9.08. The number of nitrogens with one attached hydrogen (secondary N) is 1. The summed E-state index contributed by atoms with van der Waals surface area (Å²) in [4.78, 5) is 23.4. The fraction of sp³-hybridized carbons (Fsp3) is 0.467. The molecule has 0 spiro atoms. The van der Waals surface area contributed by atoms with Gasteiger partial charge in [-0.05, 0) is 37.1 Å². The Kier molecular flexibility index (Phi) is 6.57. The van der Waals surface area contributed by atoms with Gasteiger partial charge in [0.1, 0.15) is 0 Å². The van der Waals surface area contributed by atoms with Crippen molar-refractivity contribution in [1.29, 1.82) is 0 Å². The summed E-state index contributed by atoms with van der Waals surface area (Å²) in [6.07, 6.45) is 3.01. The van der Waals surface area contributed by atoms with Crippen LogP contribution >= 0.6 is 11.6 Å². The lowest BCUT2D eigenvalue weighted by Crippen LogP contribution is -2.14. The monoisotopic (exact) mass is 281 g/mol. The van der Waals surface area contributed by atoms with Gasteiger partial charge in [-0.25, -0.2) is 0 Å². The summed E-state index contributed by atoms with van der Waals surface area (Å²) in [7, 11) is 0. The molecule has 1 atom stereocenters. The first kappa shape index (κ1) is 15.7. The van der Waals surface area contributed by atoms with Crippen LogP contribution in [0.2, 0.25) is 0 Å². The maximum Gasteiger partial charge on any atom is 0.224 e. The largest absolute Gasteiger partial charge is 0.326 e. The normalized spacial score (nSPS) is 11.9. The van der Waals surface area contributed by atoms with Gasteiger partial charge in [-0.2, -0.15) is 0 Å². The van der Waals surface area contributed by atoms with Gasteiger partial charge in [0, 0.05) is 17.7 Å². The van der Waals surface area contributed by atoms with Crippen LogP contribution in [-0.2, 0) is 4.79 Å². The minimum Gasteiger partial charge on any atom is -0.326 e. The molecular formula is C15H20ClNO2. The van der Waals surface area contributed by atoms with Crippen molar-refractivity contribution in [3.05, 3.63) is 29.8 Å². The van der Waals surface area contributed by atoms with E-state index < -0.39 is 5.38 Å². The molecule has 1 aromatic rings. The number of carbonyl (C=O) groups is 2. The molecule has 1 aromatic carbocycles. The zero-order valence-corrected chi connectivity index (χ0v) is 12.2. The smallest absolute Gasteiger partial charge is 0.224 e. The summed E-state index contributed by atoms with van der Waals surface area (Å²) in [5.74, 6) is -0.0715. The van der Waals surface area contributed by atoms with E-state index in [1.807, 2.05) is 13.8 Å². The van der Waals surface area contributed by atoms with E-state index in [9.17, 15) is 9.59 Å². The second-order valence-electron chi connectivity index (χ2n) is 4.47. The topological polar surface area (TPSA) is 46.2 Å². The van der Waals surface area contributed by atoms with Crippen LogP contribution in [0.3, 0.4) is 0 Å². The molecule has 4 heteroatoms. The number of halogens is 1. The third-order valence-corrected chi connectivity index (χ3v) is 3.36. The van der Waals surface area contributed by atoms with Crippen LogP contribution in [0.25, 0.3) is 0 Å². The second-order valence-corrected chi connectivity index (χ2v) is 5.00. The molecule has 0 saturated heterocycles. The van der Waals surface area contributed by atoms with Crippen molar-refractivity contribution in [2.75, 3.05) is 5.32 Å². The molecule has 1 rings (SSSR count). The van der Waals surface area contributed by atoms with Gasteiger partial charge in [0.25, 0.3) is 0 Å². The fourth-order valence-electron chi connectivity index (χ4n) is 1.64. The van der Waals surface area contributed by atoms with Crippen LogP contribution < -0.4 is 5.32 Å². The SMILES string of the molecule is CCCCC(=O)Nc1ccc(C(=O)C(Cl)CC)cc1. The third-order valence-electron chi connectivity index (χ3n) is 2.85. The van der Waals surface area contributed by atoms with Crippen molar-refractivity contribution in [1.82, 2.24) is 0 Å². The Morgan fingerprint density at radius 1 is 1.21 bits per heavy atom. The molecule has 0 radical (unpaired) electrons. The van der Waals surface area contributed by atoms with Crippen molar-refractivity contribution in [2.24, 2.45) is 0 Å². The summed E-state index contributed by atoms with van der Waals surface area (Å²) in [5.41, 5.74) is 1.29. The Morgan fingerprint density at radius 2 is 1.84 bits per heavy atom. The third kappa shape index (κ3) is 5.03. The minimum absolute atomic E-state index is 0.00436. The number of Topliss-reactive ketones (excluding diaryl/α,β-unsaturated/α-hetero) is 1. The molecule has 0 aliphatic carbocycles. The first-order valence-electron chi connectivity index (χ1n) is 6.66. The molecule has 19 heavy (non-hydrogen) atoms. The van der Waals surface area contributed by atoms with Crippen LogP contribution in [0.1, 0.15) is 49.9 Å². The molecule has 104 valence electrons. The highest BCUT2D eigenvalue weighted by Gasteiger charge is 2.15. The number of hydrogen-bond donors (Lipinski definition) is 1. The molecule has 0 fully saturated rings. The standard InChI is InChI=1S/C15H20ClNO2/c1-3-5-6-14(18)17-12-9-7-11(8-10-12)15(19)13(16)4-2/h7-10,13H,3-6H2,1-2H3,(H,17,18). The van der Waals surface area contributed by atoms with E-state index in [0.29, 0.717) is 24.1 Å². The predicted molar refractivity (Wildman–Crippen MR) is 78.9 cm³/mol. The lowest BCUT2D eigenvalue weighted by Gasteiger charge is -2.08. The van der Waals surface area contributed by atoms with Crippen molar-refractivity contribution in [3.8, 4) is 0 Å². The highest BCUT2D eigenvalue weighted by Crippen LogP contribution is 2.15. The average Bonchev–Trinajstić information content (AvgIpc) is 2.44. The van der Waals surface area contributed by atoms with Crippen molar-refractivity contribution >= 4 is 29.0 Å². The molecule has 1 N–H and O–H groups in total. The number of hydrogen-bond acceptors (Lipinski definition) is 2. The second kappa shape index (κ2) is 7.95. The average molecular weight is 282 g/mol. The van der Waals surface area contributed by atoms with Crippen LogP contribution in [0.5, 0.6) is 0 Å². The number of benzene rings is 1. The predicted octanol–water partition coefficient (Wildman–Crippen LogP) is 4.02. The van der Waals surface area contributed by atoms with Crippen LogP contribution in [-0.4, -0.2) is 17.1 Å². The lowest BCUT2D eigenvalue weighted by atomic mass is 10.1. The molecule has 1 unspecified atom stereocenters. The van der Waals surface area contributed by atoms with E-state index in [1.165, 1.54) is 0 Å². The number of rotatable bonds is 7. The number of carbonyl (C=O) groups excluding carboxylic acids is 2. The van der Waals surface area contributed by atoms with E-state index in [1.54, 1.807) is 24.3 Å². The summed E-state index contributed by atoms with van der Waals surface area (Å²) < 4.78 is 0. The van der Waals surface area contributed by atoms with E-state index in [4.69, 9.17) is 11.6 Å². The van der Waals surface area contributed by atoms with E-state index in [-0.39, 0.29) is 11.7 Å². The summed E-state index contributed by atoms with van der Waals surface area (Å²) in [6.45, 7) is 3.92. The fourth-order valence-corrected chi connectivity index (χ4v) is 1.77. The van der Waals surface area contributed by atoms with E-state index in [0.717, 1.165) is 12.8 Å². The molecule has 0 aliphatic rings. The maximum absolute atomic E-state index is 11.8. The Labute approximate surface area is 119 Å². The van der Waals surface area contributed by atoms with Crippen LogP contribution in [0.4, 0.5) is 5.69 Å². The van der Waals surface area contributed by atoms with Gasteiger partial charge in [0.05, 0.1) is 5.38 Å². The number of amides is 1. The van der Waals surface area contributed by atoms with Gasteiger partial charge in [0.2, 0.25) is 5.91 Å². The zero-order valence-electron chi connectivity index (χ0n) is 11.4. The maximum atomic E-state index is 11.8. The zero-order chi connectivity index (χ0) is 14.3. The molecular weight excluding hydrogens is 262 g/mol. The Hall–Kier alpha value is -1.35. The molecule has 0 aromatic heterocycles. The highest BCUT2D eigenvalue weighted by atomic mass is 35.5. The van der Waals surface area contributed by atoms with Gasteiger partial charge in [-0.3, -0.25) is 9.59 Å². The Balaban J connectivity index is 2.61. The quantitative estimate of drug-likeness (QED) is 0.606. The van der Waals surface area contributed by atoms with Gasteiger partial charge in [0.15, 0.2) is 5.78 Å². The van der Waals surface area contributed by atoms with Crippen molar-refractivity contribution in [3.63, 3.8) is 0 Å². The van der Waals surface area contributed by atoms with Crippen molar-refractivity contribution in [2.45, 2.75) is 44.9 Å². The molecule has 0 aliphatic heterocycles. The van der Waals surface area contributed by atoms with Crippen LogP contribution in [0, 0.1) is 0 Å². The highest BCUT2D eigenvalue weighted by molar-refractivity contribution is 6.33. The Morgan fingerprint density at radius 3 is 2.37 bits per heavy atom. The van der Waals surface area contributed by atoms with Gasteiger partial charge in [-0.15, -0.1) is 11.6 Å². The summed E-state index contributed by atoms with van der Waals surface area (Å²) in [6, 6.07) is 6.86. The minimum atomic E-state index is -0.481. The van der Waals surface area contributed by atoms with Gasteiger partial charge >= 0.3 is 0 Å². The Bertz CT molecular complexity index is 428. The molecule has 3 nitrogen and oxygen atoms in total. The lowest BCUT2D eigenvalue weighted by molar-refractivity contribution is -0.116. The van der Waals surface area contributed by atoms with E-state index >= 15 is 0 Å². The summed E-state index contributed by atoms with van der Waals surface area (Å²) >= 11 is 5.91. The van der Waals surface area contributed by atoms with Gasteiger partial charge < -0.3 is 5.32 Å². The number of ketones is 1. The first-order valence-corrected chi connectivity index (χ1v) is 7.10.